The summed E-state index contributed by atoms with van der Waals surface area (Å²) in [6.07, 6.45) is 27.2. The molecule has 232 valence electrons. The minimum atomic E-state index is 0.130. The van der Waals surface area contributed by atoms with Gasteiger partial charge < -0.3 is 20.9 Å². The lowest BCUT2D eigenvalue weighted by Crippen LogP contribution is -2.37. The topological polar surface area (TPSA) is 73.5 Å². The third kappa shape index (κ3) is 29.7. The van der Waals surface area contributed by atoms with Crippen LogP contribution in [0.1, 0.15) is 155 Å². The Kier molecular flexibility index (Phi) is 30.5. The molecule has 0 unspecified atom stereocenters. The first-order valence-electron chi connectivity index (χ1n) is 17.0. The fourth-order valence-electron chi connectivity index (χ4n) is 4.98. The molecule has 2 amide bonds. The van der Waals surface area contributed by atoms with Crippen molar-refractivity contribution in [3.63, 3.8) is 0 Å². The quantitative estimate of drug-likeness (QED) is 0.0786. The summed E-state index contributed by atoms with van der Waals surface area (Å²) in [5, 5.41) is 9.36. The molecule has 0 aromatic rings. The third-order valence-electron chi connectivity index (χ3n) is 7.69. The number of likely N-dealkylation sites (N-methyl/N-ethyl adjacent to an activating group) is 1. The lowest BCUT2D eigenvalue weighted by molar-refractivity contribution is -0.121. The van der Waals surface area contributed by atoms with E-state index in [1.165, 1.54) is 116 Å². The average Bonchev–Trinajstić information content (AvgIpc) is 2.94. The molecule has 3 N–H and O–H groups in total. The average molecular weight is 553 g/mol. The molecule has 0 heterocycles. The number of rotatable bonds is 31. The van der Waals surface area contributed by atoms with Gasteiger partial charge in [-0.15, -0.1) is 0 Å². The molecule has 0 aliphatic heterocycles. The number of amides is 2. The highest BCUT2D eigenvalue weighted by Crippen LogP contribution is 2.11. The maximum absolute atomic E-state index is 12.3. The Labute approximate surface area is 243 Å². The van der Waals surface area contributed by atoms with Crippen LogP contribution in [0.3, 0.4) is 0 Å². The van der Waals surface area contributed by atoms with Gasteiger partial charge in [0.2, 0.25) is 11.8 Å². The third-order valence-corrected chi connectivity index (χ3v) is 7.69. The van der Waals surface area contributed by atoms with E-state index in [0.717, 1.165) is 39.0 Å². The largest absolute Gasteiger partial charge is 0.356 e. The number of carbonyl (C=O) groups is 2. The van der Waals surface area contributed by atoms with Crippen molar-refractivity contribution in [3.05, 3.63) is 0 Å². The fourth-order valence-corrected chi connectivity index (χ4v) is 4.98. The second-order valence-electron chi connectivity index (χ2n) is 11.5. The monoisotopic (exact) mass is 553 g/mol. The van der Waals surface area contributed by atoms with Crippen LogP contribution in [0.2, 0.25) is 0 Å². The SMILES string of the molecule is CCCCCCCCCCCCNC(=O)CCN(CCNC)CCC(=O)NCCCCCCCCCCCC. The van der Waals surface area contributed by atoms with Gasteiger partial charge in [-0.1, -0.05) is 129 Å². The van der Waals surface area contributed by atoms with Crippen LogP contribution < -0.4 is 16.0 Å². The first-order valence-corrected chi connectivity index (χ1v) is 17.0. The standard InChI is InChI=1S/C33H68N4O2/c1-4-6-8-10-12-14-16-18-20-22-26-35-32(38)24-29-37(31-28-34-3)30-25-33(39)36-27-23-21-19-17-15-13-11-9-7-5-2/h34H,4-31H2,1-3H3,(H,35,38)(H,36,39). The number of nitrogens with zero attached hydrogens (tertiary/aromatic N) is 1. The minimum absolute atomic E-state index is 0.130. The summed E-state index contributed by atoms with van der Waals surface area (Å²) in [7, 11) is 1.94. The molecule has 0 aromatic carbocycles. The fraction of sp³-hybridized carbons (Fsp3) is 0.939. The predicted octanol–water partition coefficient (Wildman–Crippen LogP) is 7.36. The van der Waals surface area contributed by atoms with Crippen LogP contribution in [0.5, 0.6) is 0 Å². The Morgan fingerprint density at radius 3 is 1.13 bits per heavy atom. The summed E-state index contributed by atoms with van der Waals surface area (Å²) in [6.45, 7) is 9.23. The van der Waals surface area contributed by atoms with Crippen molar-refractivity contribution in [2.75, 3.05) is 46.3 Å². The number of unbranched alkanes of at least 4 members (excludes halogenated alkanes) is 18. The molecular weight excluding hydrogens is 484 g/mol. The zero-order valence-electron chi connectivity index (χ0n) is 26.6. The second kappa shape index (κ2) is 31.4. The molecule has 0 aliphatic rings. The Morgan fingerprint density at radius 2 is 0.795 bits per heavy atom. The summed E-state index contributed by atoms with van der Waals surface area (Å²) in [5.74, 6) is 0.261. The van der Waals surface area contributed by atoms with Gasteiger partial charge in [-0.3, -0.25) is 9.59 Å². The first-order chi connectivity index (χ1) is 19.1. The summed E-state index contributed by atoms with van der Waals surface area (Å²) < 4.78 is 0. The van der Waals surface area contributed by atoms with E-state index in [0.29, 0.717) is 25.9 Å². The summed E-state index contributed by atoms with van der Waals surface area (Å²) >= 11 is 0. The molecule has 0 spiro atoms. The van der Waals surface area contributed by atoms with Gasteiger partial charge in [-0.05, 0) is 19.9 Å². The Balaban J connectivity index is 3.76. The molecule has 0 rings (SSSR count). The highest BCUT2D eigenvalue weighted by atomic mass is 16.2. The molecule has 0 fully saturated rings. The van der Waals surface area contributed by atoms with Crippen LogP contribution in [0, 0.1) is 0 Å². The highest BCUT2D eigenvalue weighted by Gasteiger charge is 2.10. The van der Waals surface area contributed by atoms with Gasteiger partial charge >= 0.3 is 0 Å². The smallest absolute Gasteiger partial charge is 0.221 e. The van der Waals surface area contributed by atoms with Gasteiger partial charge in [0.25, 0.3) is 0 Å². The molecule has 0 aromatic heterocycles. The zero-order chi connectivity index (χ0) is 28.7. The van der Waals surface area contributed by atoms with E-state index in [1.807, 2.05) is 7.05 Å². The van der Waals surface area contributed by atoms with Crippen LogP contribution in [-0.4, -0.2) is 63.0 Å². The number of hydrogen-bond acceptors (Lipinski definition) is 4. The number of nitrogens with one attached hydrogen (secondary N) is 3. The van der Waals surface area contributed by atoms with Crippen LogP contribution in [0.15, 0.2) is 0 Å². The van der Waals surface area contributed by atoms with E-state index in [9.17, 15) is 9.59 Å². The van der Waals surface area contributed by atoms with Gasteiger partial charge in [0.15, 0.2) is 0 Å². The van der Waals surface area contributed by atoms with E-state index >= 15 is 0 Å². The van der Waals surface area contributed by atoms with Crippen molar-refractivity contribution in [1.29, 1.82) is 0 Å². The molecule has 0 bridgehead atoms. The molecule has 6 nitrogen and oxygen atoms in total. The van der Waals surface area contributed by atoms with E-state index in [1.54, 1.807) is 0 Å². The van der Waals surface area contributed by atoms with Gasteiger partial charge in [0.1, 0.15) is 0 Å². The first kappa shape index (κ1) is 37.9. The van der Waals surface area contributed by atoms with Crippen LogP contribution >= 0.6 is 0 Å². The van der Waals surface area contributed by atoms with Gasteiger partial charge in [0.05, 0.1) is 0 Å². The molecule has 0 saturated carbocycles. The van der Waals surface area contributed by atoms with Crippen LogP contribution in [0.25, 0.3) is 0 Å². The van der Waals surface area contributed by atoms with Gasteiger partial charge in [-0.2, -0.15) is 0 Å². The molecule has 39 heavy (non-hydrogen) atoms. The molecule has 0 atom stereocenters. The van der Waals surface area contributed by atoms with Crippen molar-refractivity contribution in [3.8, 4) is 0 Å². The Morgan fingerprint density at radius 1 is 0.462 bits per heavy atom. The normalized spacial score (nSPS) is 11.3. The lowest BCUT2D eigenvalue weighted by Gasteiger charge is -2.21. The predicted molar refractivity (Wildman–Crippen MR) is 169 cm³/mol. The Hall–Kier alpha value is -1.14. The van der Waals surface area contributed by atoms with Crippen molar-refractivity contribution in [1.82, 2.24) is 20.9 Å². The summed E-state index contributed by atoms with van der Waals surface area (Å²) in [5.41, 5.74) is 0. The van der Waals surface area contributed by atoms with Crippen molar-refractivity contribution >= 4 is 11.8 Å². The van der Waals surface area contributed by atoms with Crippen LogP contribution in [-0.2, 0) is 9.59 Å². The van der Waals surface area contributed by atoms with E-state index in [4.69, 9.17) is 0 Å². The molecule has 0 saturated heterocycles. The Bertz CT molecular complexity index is 488. The highest BCUT2D eigenvalue weighted by molar-refractivity contribution is 5.76. The van der Waals surface area contributed by atoms with E-state index < -0.39 is 0 Å². The maximum Gasteiger partial charge on any atom is 0.221 e. The van der Waals surface area contributed by atoms with E-state index in [-0.39, 0.29) is 11.8 Å². The molecule has 6 heteroatoms. The number of hydrogen-bond donors (Lipinski definition) is 3. The second-order valence-corrected chi connectivity index (χ2v) is 11.5. The zero-order valence-corrected chi connectivity index (χ0v) is 26.6. The maximum atomic E-state index is 12.3. The van der Waals surface area contributed by atoms with Crippen molar-refractivity contribution < 1.29 is 9.59 Å². The molecular formula is C33H68N4O2. The molecule has 0 radical (unpaired) electrons. The lowest BCUT2D eigenvalue weighted by atomic mass is 10.1. The molecule has 0 aliphatic carbocycles. The van der Waals surface area contributed by atoms with Crippen molar-refractivity contribution in [2.24, 2.45) is 0 Å². The van der Waals surface area contributed by atoms with Gasteiger partial charge in [-0.25, -0.2) is 0 Å². The summed E-state index contributed by atoms with van der Waals surface area (Å²) in [6, 6.07) is 0. The number of carbonyl (C=O) groups excluding carboxylic acids is 2. The van der Waals surface area contributed by atoms with Crippen molar-refractivity contribution in [2.45, 2.75) is 155 Å². The van der Waals surface area contributed by atoms with Gasteiger partial charge in [0, 0.05) is 52.1 Å². The minimum Gasteiger partial charge on any atom is -0.356 e. The van der Waals surface area contributed by atoms with Crippen LogP contribution in [0.4, 0.5) is 0 Å². The summed E-state index contributed by atoms with van der Waals surface area (Å²) in [4.78, 5) is 26.9. The van der Waals surface area contributed by atoms with E-state index in [2.05, 4.69) is 34.7 Å².